The first-order valence-corrected chi connectivity index (χ1v) is 7.38. The highest BCUT2D eigenvalue weighted by atomic mass is 79.9. The van der Waals surface area contributed by atoms with E-state index in [9.17, 15) is 5.11 Å². The summed E-state index contributed by atoms with van der Waals surface area (Å²) in [6, 6.07) is 5.62. The van der Waals surface area contributed by atoms with Crippen molar-refractivity contribution in [3.8, 4) is 5.75 Å². The number of piperidine rings is 1. The van der Waals surface area contributed by atoms with Crippen molar-refractivity contribution < 1.29 is 5.11 Å². The number of nitrogens with zero attached hydrogens (tertiary/aromatic N) is 1. The number of hydrogen-bond donors (Lipinski definition) is 2. The van der Waals surface area contributed by atoms with Crippen LogP contribution in [0, 0.1) is 5.92 Å². The monoisotopic (exact) mass is 312 g/mol. The molecule has 1 aromatic carbocycles. The lowest BCUT2D eigenvalue weighted by molar-refractivity contribution is 0.172. The van der Waals surface area contributed by atoms with Crippen LogP contribution in [0.4, 0.5) is 0 Å². The Morgan fingerprint density at radius 3 is 2.72 bits per heavy atom. The summed E-state index contributed by atoms with van der Waals surface area (Å²) >= 11 is 3.45. The molecule has 0 aromatic heterocycles. The van der Waals surface area contributed by atoms with Crippen LogP contribution in [0.3, 0.4) is 0 Å². The molecule has 1 saturated heterocycles. The first kappa shape index (κ1) is 13.8. The van der Waals surface area contributed by atoms with Crippen LogP contribution in [0.1, 0.15) is 24.8 Å². The summed E-state index contributed by atoms with van der Waals surface area (Å²) in [7, 11) is 0. The highest BCUT2D eigenvalue weighted by Crippen LogP contribution is 2.26. The summed E-state index contributed by atoms with van der Waals surface area (Å²) in [6.07, 6.45) is 3.61. The molecule has 3 N–H and O–H groups in total. The van der Waals surface area contributed by atoms with Crippen molar-refractivity contribution in [3.05, 3.63) is 28.2 Å². The third-order valence-electron chi connectivity index (χ3n) is 3.72. The number of halogens is 1. The summed E-state index contributed by atoms with van der Waals surface area (Å²) in [5.74, 6) is 1.18. The number of nitrogens with two attached hydrogens (primary N) is 1. The third-order valence-corrected chi connectivity index (χ3v) is 4.21. The second-order valence-corrected chi connectivity index (χ2v) is 5.99. The van der Waals surface area contributed by atoms with Gasteiger partial charge in [0.25, 0.3) is 0 Å². The van der Waals surface area contributed by atoms with Gasteiger partial charge in [0.15, 0.2) is 0 Å². The molecule has 0 radical (unpaired) electrons. The lowest BCUT2D eigenvalue weighted by Gasteiger charge is -2.32. The van der Waals surface area contributed by atoms with Gasteiger partial charge in [0.2, 0.25) is 0 Å². The van der Waals surface area contributed by atoms with Crippen LogP contribution in [0.2, 0.25) is 0 Å². The van der Waals surface area contributed by atoms with Gasteiger partial charge in [-0.25, -0.2) is 0 Å². The molecule has 1 aliphatic rings. The Balaban J connectivity index is 1.89. The van der Waals surface area contributed by atoms with Gasteiger partial charge in [0, 0.05) is 16.6 Å². The first-order valence-electron chi connectivity index (χ1n) is 6.59. The van der Waals surface area contributed by atoms with Crippen LogP contribution >= 0.6 is 15.9 Å². The van der Waals surface area contributed by atoms with E-state index in [1.807, 2.05) is 12.1 Å². The number of aromatic hydroxyl groups is 1. The fourth-order valence-electron chi connectivity index (χ4n) is 2.59. The number of benzene rings is 1. The van der Waals surface area contributed by atoms with E-state index in [-0.39, 0.29) is 0 Å². The van der Waals surface area contributed by atoms with Gasteiger partial charge in [-0.1, -0.05) is 15.9 Å². The van der Waals surface area contributed by atoms with Gasteiger partial charge >= 0.3 is 0 Å². The molecule has 1 aromatic rings. The normalized spacial score (nSPS) is 18.1. The zero-order valence-corrected chi connectivity index (χ0v) is 12.2. The highest BCUT2D eigenvalue weighted by Gasteiger charge is 2.19. The molecule has 4 heteroatoms. The van der Waals surface area contributed by atoms with E-state index >= 15 is 0 Å². The van der Waals surface area contributed by atoms with E-state index < -0.39 is 0 Å². The maximum absolute atomic E-state index is 9.84. The molecule has 1 aliphatic heterocycles. The maximum Gasteiger partial charge on any atom is 0.120 e. The van der Waals surface area contributed by atoms with Crippen molar-refractivity contribution in [1.29, 1.82) is 0 Å². The Hall–Kier alpha value is -0.580. The summed E-state index contributed by atoms with van der Waals surface area (Å²) in [5, 5.41) is 9.84. The standard InChI is InChI=1S/C14H21BrN2O/c15-13-1-2-14(18)12(9-13)10-17-7-4-11(3-6-16)5-8-17/h1-2,9,11,18H,3-8,10,16H2. The quantitative estimate of drug-likeness (QED) is 0.898. The van der Waals surface area contributed by atoms with Gasteiger partial charge in [0.1, 0.15) is 5.75 Å². The van der Waals surface area contributed by atoms with Crippen molar-refractivity contribution in [2.45, 2.75) is 25.8 Å². The molecule has 0 atom stereocenters. The molecule has 0 aliphatic carbocycles. The van der Waals surface area contributed by atoms with E-state index in [1.165, 1.54) is 12.8 Å². The van der Waals surface area contributed by atoms with Crippen LogP contribution in [0.5, 0.6) is 5.75 Å². The van der Waals surface area contributed by atoms with Crippen LogP contribution in [-0.4, -0.2) is 29.6 Å². The van der Waals surface area contributed by atoms with Crippen molar-refractivity contribution in [2.75, 3.05) is 19.6 Å². The molecule has 3 nitrogen and oxygen atoms in total. The second kappa shape index (κ2) is 6.55. The fraction of sp³-hybridized carbons (Fsp3) is 0.571. The van der Waals surface area contributed by atoms with Crippen LogP contribution in [0.25, 0.3) is 0 Å². The second-order valence-electron chi connectivity index (χ2n) is 5.07. The van der Waals surface area contributed by atoms with Crippen molar-refractivity contribution in [1.82, 2.24) is 4.90 Å². The van der Waals surface area contributed by atoms with Crippen LogP contribution < -0.4 is 5.73 Å². The van der Waals surface area contributed by atoms with Gasteiger partial charge in [-0.15, -0.1) is 0 Å². The molecule has 100 valence electrons. The van der Waals surface area contributed by atoms with E-state index in [1.54, 1.807) is 6.07 Å². The molecule has 1 heterocycles. The maximum atomic E-state index is 9.84. The van der Waals surface area contributed by atoms with E-state index in [0.717, 1.165) is 48.6 Å². The molecular weight excluding hydrogens is 292 g/mol. The van der Waals surface area contributed by atoms with Crippen LogP contribution in [0.15, 0.2) is 22.7 Å². The molecule has 0 bridgehead atoms. The Kier molecular flexibility index (Phi) is 5.03. The van der Waals surface area contributed by atoms with Crippen molar-refractivity contribution >= 4 is 15.9 Å². The molecule has 18 heavy (non-hydrogen) atoms. The molecule has 1 fully saturated rings. The minimum Gasteiger partial charge on any atom is -0.508 e. The molecule has 2 rings (SSSR count). The molecule has 0 amide bonds. The molecule has 0 saturated carbocycles. The van der Waals surface area contributed by atoms with Gasteiger partial charge in [-0.2, -0.15) is 0 Å². The van der Waals surface area contributed by atoms with Crippen molar-refractivity contribution in [2.24, 2.45) is 11.7 Å². The Labute approximate surface area is 117 Å². The van der Waals surface area contributed by atoms with E-state index in [0.29, 0.717) is 5.75 Å². The Morgan fingerprint density at radius 1 is 1.33 bits per heavy atom. The molecule has 0 unspecified atom stereocenters. The third kappa shape index (κ3) is 3.70. The number of likely N-dealkylation sites (tertiary alicyclic amines) is 1. The average Bonchev–Trinajstić information content (AvgIpc) is 2.37. The summed E-state index contributed by atoms with van der Waals surface area (Å²) in [5.41, 5.74) is 6.60. The summed E-state index contributed by atoms with van der Waals surface area (Å²) < 4.78 is 1.02. The molecule has 0 spiro atoms. The first-order chi connectivity index (χ1) is 8.69. The molecular formula is C14H21BrN2O. The fourth-order valence-corrected chi connectivity index (χ4v) is 3.00. The Bertz CT molecular complexity index is 389. The number of phenols is 1. The number of phenolic OH excluding ortho intramolecular Hbond substituents is 1. The SMILES string of the molecule is NCCC1CCN(Cc2cc(Br)ccc2O)CC1. The lowest BCUT2D eigenvalue weighted by atomic mass is 9.93. The predicted molar refractivity (Wildman–Crippen MR) is 77.5 cm³/mol. The minimum absolute atomic E-state index is 0.391. The zero-order valence-electron chi connectivity index (χ0n) is 10.6. The van der Waals surface area contributed by atoms with Gasteiger partial charge in [-0.05, 0) is 63.0 Å². The Morgan fingerprint density at radius 2 is 2.06 bits per heavy atom. The smallest absolute Gasteiger partial charge is 0.120 e. The number of rotatable bonds is 4. The largest absolute Gasteiger partial charge is 0.508 e. The summed E-state index contributed by atoms with van der Waals surface area (Å²) in [4.78, 5) is 2.41. The highest BCUT2D eigenvalue weighted by molar-refractivity contribution is 9.10. The van der Waals surface area contributed by atoms with Crippen molar-refractivity contribution in [3.63, 3.8) is 0 Å². The topological polar surface area (TPSA) is 49.5 Å². The van der Waals surface area contributed by atoms with E-state index in [2.05, 4.69) is 20.8 Å². The van der Waals surface area contributed by atoms with Crippen LogP contribution in [-0.2, 0) is 6.54 Å². The minimum atomic E-state index is 0.391. The summed E-state index contributed by atoms with van der Waals surface area (Å²) in [6.45, 7) is 3.85. The van der Waals surface area contributed by atoms with Gasteiger partial charge in [-0.3, -0.25) is 4.90 Å². The van der Waals surface area contributed by atoms with Gasteiger partial charge < -0.3 is 10.8 Å². The lowest BCUT2D eigenvalue weighted by Crippen LogP contribution is -2.33. The predicted octanol–water partition coefficient (Wildman–Crippen LogP) is 2.72. The van der Waals surface area contributed by atoms with E-state index in [4.69, 9.17) is 5.73 Å². The van der Waals surface area contributed by atoms with Gasteiger partial charge in [0.05, 0.1) is 0 Å². The average molecular weight is 313 g/mol. The zero-order chi connectivity index (χ0) is 13.0. The number of hydrogen-bond acceptors (Lipinski definition) is 3.